The third kappa shape index (κ3) is 5.38. The van der Waals surface area contributed by atoms with Crippen LogP contribution >= 0.6 is 11.6 Å². The Bertz CT molecular complexity index is 640. The number of ether oxygens (including phenoxy) is 1. The van der Waals surface area contributed by atoms with Crippen LogP contribution in [0.25, 0.3) is 0 Å². The van der Waals surface area contributed by atoms with Crippen molar-refractivity contribution in [1.82, 2.24) is 0 Å². The summed E-state index contributed by atoms with van der Waals surface area (Å²) in [6.07, 6.45) is 0.349. The average Bonchev–Trinajstić information content (AvgIpc) is 2.54. The van der Waals surface area contributed by atoms with Crippen molar-refractivity contribution in [2.75, 3.05) is 6.61 Å². The summed E-state index contributed by atoms with van der Waals surface area (Å²) in [5.74, 6) is -0.173. The first-order valence-corrected chi connectivity index (χ1v) is 8.27. The van der Waals surface area contributed by atoms with Gasteiger partial charge in [-0.05, 0) is 19.9 Å². The summed E-state index contributed by atoms with van der Waals surface area (Å²) in [5, 5.41) is 2.89. The van der Waals surface area contributed by atoms with E-state index in [4.69, 9.17) is 16.3 Å². The van der Waals surface area contributed by atoms with Gasteiger partial charge in [0.05, 0.1) is 6.61 Å². The second kappa shape index (κ2) is 8.70. The van der Waals surface area contributed by atoms with Gasteiger partial charge in [-0.2, -0.15) is 0 Å². The quantitative estimate of drug-likeness (QED) is 0.790. The summed E-state index contributed by atoms with van der Waals surface area (Å²) in [7, 11) is 0. The van der Waals surface area contributed by atoms with Crippen LogP contribution in [-0.2, 0) is 16.1 Å². The minimum absolute atomic E-state index is 0.0194. The Morgan fingerprint density at radius 3 is 2.52 bits per heavy atom. The Morgan fingerprint density at radius 2 is 1.87 bits per heavy atom. The maximum absolute atomic E-state index is 11.9. The van der Waals surface area contributed by atoms with Crippen LogP contribution in [0.2, 0.25) is 5.02 Å². The Labute approximate surface area is 142 Å². The molecule has 0 saturated carbocycles. The number of quaternary nitrogens is 1. The SMILES string of the molecule is CCOC(=O)C[C@@H]([NH2+]Cc1ccccc1Cl)c1ccc(C)cc1. The van der Waals surface area contributed by atoms with E-state index in [1.165, 1.54) is 5.56 Å². The molecule has 2 aromatic carbocycles. The molecule has 2 N–H and O–H groups in total. The molecule has 0 bridgehead atoms. The topological polar surface area (TPSA) is 42.9 Å². The number of carbonyl (C=O) groups is 1. The van der Waals surface area contributed by atoms with Crippen molar-refractivity contribution in [3.05, 3.63) is 70.2 Å². The molecule has 3 nitrogen and oxygen atoms in total. The van der Waals surface area contributed by atoms with Crippen LogP contribution in [0.1, 0.15) is 36.1 Å². The number of aryl methyl sites for hydroxylation is 1. The smallest absolute Gasteiger partial charge is 0.312 e. The predicted molar refractivity (Wildman–Crippen MR) is 92.3 cm³/mol. The molecular weight excluding hydrogens is 310 g/mol. The first-order valence-electron chi connectivity index (χ1n) is 7.89. The lowest BCUT2D eigenvalue weighted by Crippen LogP contribution is -2.84. The number of nitrogens with two attached hydrogens (primary N) is 1. The highest BCUT2D eigenvalue weighted by Gasteiger charge is 2.20. The van der Waals surface area contributed by atoms with Crippen molar-refractivity contribution >= 4 is 17.6 Å². The monoisotopic (exact) mass is 332 g/mol. The molecule has 1 atom stereocenters. The number of hydrogen-bond donors (Lipinski definition) is 1. The lowest BCUT2D eigenvalue weighted by molar-refractivity contribution is -0.710. The molecule has 0 amide bonds. The number of esters is 1. The summed E-state index contributed by atoms with van der Waals surface area (Å²) in [6, 6.07) is 16.1. The van der Waals surface area contributed by atoms with Crippen LogP contribution in [0.3, 0.4) is 0 Å². The van der Waals surface area contributed by atoms with E-state index in [-0.39, 0.29) is 12.0 Å². The molecule has 23 heavy (non-hydrogen) atoms. The Morgan fingerprint density at radius 1 is 1.17 bits per heavy atom. The van der Waals surface area contributed by atoms with Gasteiger partial charge in [-0.15, -0.1) is 0 Å². The van der Waals surface area contributed by atoms with Gasteiger partial charge in [-0.25, -0.2) is 0 Å². The highest BCUT2D eigenvalue weighted by Crippen LogP contribution is 2.17. The van der Waals surface area contributed by atoms with E-state index < -0.39 is 0 Å². The summed E-state index contributed by atoms with van der Waals surface area (Å²) < 4.78 is 5.11. The zero-order valence-corrected chi connectivity index (χ0v) is 14.3. The van der Waals surface area contributed by atoms with Gasteiger partial charge in [0, 0.05) is 16.1 Å². The van der Waals surface area contributed by atoms with Crippen LogP contribution in [0.5, 0.6) is 0 Å². The summed E-state index contributed by atoms with van der Waals surface area (Å²) in [5.41, 5.74) is 3.39. The molecule has 0 aromatic heterocycles. The highest BCUT2D eigenvalue weighted by atomic mass is 35.5. The first kappa shape index (κ1) is 17.5. The lowest BCUT2D eigenvalue weighted by atomic mass is 10.0. The number of carbonyl (C=O) groups excluding carboxylic acids is 1. The van der Waals surface area contributed by atoms with Crippen molar-refractivity contribution in [3.8, 4) is 0 Å². The van der Waals surface area contributed by atoms with Gasteiger partial charge in [0.2, 0.25) is 0 Å². The largest absolute Gasteiger partial charge is 0.466 e. The van der Waals surface area contributed by atoms with Crippen molar-refractivity contribution < 1.29 is 14.8 Å². The van der Waals surface area contributed by atoms with E-state index in [0.29, 0.717) is 13.0 Å². The van der Waals surface area contributed by atoms with Crippen molar-refractivity contribution in [3.63, 3.8) is 0 Å². The second-order valence-corrected chi connectivity index (χ2v) is 5.96. The summed E-state index contributed by atoms with van der Waals surface area (Å²) in [4.78, 5) is 11.9. The zero-order chi connectivity index (χ0) is 16.7. The normalized spacial score (nSPS) is 12.0. The van der Waals surface area contributed by atoms with E-state index in [1.54, 1.807) is 0 Å². The molecular formula is C19H23ClNO2+. The van der Waals surface area contributed by atoms with Crippen LogP contribution in [0, 0.1) is 6.92 Å². The van der Waals surface area contributed by atoms with E-state index in [9.17, 15) is 4.79 Å². The van der Waals surface area contributed by atoms with Crippen molar-refractivity contribution in [1.29, 1.82) is 0 Å². The Kier molecular flexibility index (Phi) is 6.63. The fraction of sp³-hybridized carbons (Fsp3) is 0.316. The van der Waals surface area contributed by atoms with Gasteiger partial charge in [-0.3, -0.25) is 4.79 Å². The fourth-order valence-electron chi connectivity index (χ4n) is 2.48. The minimum Gasteiger partial charge on any atom is -0.466 e. The van der Waals surface area contributed by atoms with Gasteiger partial charge in [0.25, 0.3) is 0 Å². The highest BCUT2D eigenvalue weighted by molar-refractivity contribution is 6.31. The molecule has 0 aliphatic heterocycles. The molecule has 0 aliphatic carbocycles. The van der Waals surface area contributed by atoms with Gasteiger partial charge in [0.1, 0.15) is 19.0 Å². The molecule has 0 unspecified atom stereocenters. The number of benzene rings is 2. The van der Waals surface area contributed by atoms with Crippen LogP contribution in [0.4, 0.5) is 0 Å². The second-order valence-electron chi connectivity index (χ2n) is 5.56. The van der Waals surface area contributed by atoms with E-state index in [0.717, 1.165) is 22.7 Å². The van der Waals surface area contributed by atoms with Crippen molar-refractivity contribution in [2.45, 2.75) is 32.9 Å². The Hall–Kier alpha value is -1.84. The van der Waals surface area contributed by atoms with E-state index in [1.807, 2.05) is 31.2 Å². The van der Waals surface area contributed by atoms with Gasteiger partial charge < -0.3 is 10.1 Å². The summed E-state index contributed by atoms with van der Waals surface area (Å²) in [6.45, 7) is 5.01. The maximum Gasteiger partial charge on any atom is 0.312 e. The zero-order valence-electron chi connectivity index (χ0n) is 13.6. The van der Waals surface area contributed by atoms with Crippen LogP contribution in [-0.4, -0.2) is 12.6 Å². The number of rotatable bonds is 7. The number of halogens is 1. The summed E-state index contributed by atoms with van der Waals surface area (Å²) >= 11 is 6.22. The fourth-order valence-corrected chi connectivity index (χ4v) is 2.70. The molecule has 0 heterocycles. The minimum atomic E-state index is -0.173. The number of hydrogen-bond acceptors (Lipinski definition) is 2. The molecule has 0 radical (unpaired) electrons. The van der Waals surface area contributed by atoms with Gasteiger partial charge in [-0.1, -0.05) is 59.6 Å². The van der Waals surface area contributed by atoms with Crippen LogP contribution < -0.4 is 5.32 Å². The molecule has 0 spiro atoms. The van der Waals surface area contributed by atoms with Gasteiger partial charge in [0.15, 0.2) is 0 Å². The van der Waals surface area contributed by atoms with E-state index in [2.05, 4.69) is 36.5 Å². The third-order valence-corrected chi connectivity index (χ3v) is 4.15. The standard InChI is InChI=1S/C19H22ClNO2/c1-3-23-19(22)12-18(15-10-8-14(2)9-11-15)21-13-16-6-4-5-7-17(16)20/h4-11,18,21H,3,12-13H2,1-2H3/p+1/t18-/m1/s1. The molecule has 0 aliphatic rings. The first-order chi connectivity index (χ1) is 11.1. The van der Waals surface area contributed by atoms with Crippen molar-refractivity contribution in [2.24, 2.45) is 0 Å². The maximum atomic E-state index is 11.9. The molecule has 0 saturated heterocycles. The average molecular weight is 333 g/mol. The van der Waals surface area contributed by atoms with Gasteiger partial charge >= 0.3 is 5.97 Å². The molecule has 2 rings (SSSR count). The molecule has 122 valence electrons. The Balaban J connectivity index is 2.11. The van der Waals surface area contributed by atoms with Crippen LogP contribution in [0.15, 0.2) is 48.5 Å². The predicted octanol–water partition coefficient (Wildman–Crippen LogP) is 3.41. The third-order valence-electron chi connectivity index (χ3n) is 3.78. The van der Waals surface area contributed by atoms with E-state index >= 15 is 0 Å². The molecule has 4 heteroatoms. The molecule has 0 fully saturated rings. The molecule has 2 aromatic rings. The lowest BCUT2D eigenvalue weighted by Gasteiger charge is -2.16.